The van der Waals surface area contributed by atoms with Crippen molar-refractivity contribution in [2.45, 2.75) is 59.2 Å². The van der Waals surface area contributed by atoms with Crippen LogP contribution in [0.4, 0.5) is 10.3 Å². The Kier molecular flexibility index (Phi) is 14.6. The number of nitrogens with zero attached hydrogens (tertiary/aromatic N) is 9. The Hall–Kier alpha value is -4.92. The lowest BCUT2D eigenvalue weighted by Crippen LogP contribution is -2.49. The van der Waals surface area contributed by atoms with Crippen molar-refractivity contribution in [1.82, 2.24) is 34.7 Å². The summed E-state index contributed by atoms with van der Waals surface area (Å²) in [7, 11) is 0. The van der Waals surface area contributed by atoms with Crippen LogP contribution in [0.15, 0.2) is 104 Å². The number of carboxylic acids is 1. The number of carboxylic acid groups (broad SMARTS) is 1. The van der Waals surface area contributed by atoms with Crippen LogP contribution < -0.4 is 9.80 Å². The molecule has 0 amide bonds. The predicted molar refractivity (Wildman–Crippen MR) is 241 cm³/mol. The average molecular weight is 869 g/mol. The Morgan fingerprint density at radius 2 is 1.29 bits per heavy atom. The van der Waals surface area contributed by atoms with Crippen LogP contribution in [-0.2, 0) is 24.4 Å². The summed E-state index contributed by atoms with van der Waals surface area (Å²) >= 11 is 16.0. The SMILES string of the molecule is CCCCN(Cc1ccccc1Cl)c1nnc(-c2ccc(CN3CC(C(=O)O)C3)cc2)s1.CCCCN(Cc1ccccc1Cl)c1nnc(-c2ccc3nccn3c2)s1. The molecule has 1 aliphatic rings. The van der Waals surface area contributed by atoms with E-state index in [-0.39, 0.29) is 5.92 Å². The third kappa shape index (κ3) is 11.0. The van der Waals surface area contributed by atoms with Crippen LogP contribution in [0.2, 0.25) is 10.0 Å². The number of aromatic nitrogens is 6. The molecule has 306 valence electrons. The van der Waals surface area contributed by atoms with Gasteiger partial charge in [0.05, 0.1) is 5.92 Å². The van der Waals surface area contributed by atoms with Gasteiger partial charge in [-0.05, 0) is 53.8 Å². The van der Waals surface area contributed by atoms with E-state index in [1.165, 1.54) is 5.56 Å². The van der Waals surface area contributed by atoms with Crippen LogP contribution in [0.5, 0.6) is 0 Å². The lowest BCUT2D eigenvalue weighted by molar-refractivity contribution is -0.147. The van der Waals surface area contributed by atoms with Crippen molar-refractivity contribution in [3.63, 3.8) is 0 Å². The van der Waals surface area contributed by atoms with Crippen molar-refractivity contribution < 1.29 is 9.90 Å². The first-order valence-electron chi connectivity index (χ1n) is 19.9. The van der Waals surface area contributed by atoms with Crippen molar-refractivity contribution in [1.29, 1.82) is 0 Å². The van der Waals surface area contributed by atoms with Gasteiger partial charge < -0.3 is 19.3 Å². The lowest BCUT2D eigenvalue weighted by Gasteiger charge is -2.36. The van der Waals surface area contributed by atoms with Crippen LogP contribution in [0, 0.1) is 5.92 Å². The molecule has 0 aliphatic carbocycles. The highest BCUT2D eigenvalue weighted by atomic mass is 35.5. The third-order valence-corrected chi connectivity index (χ3v) is 12.9. The van der Waals surface area contributed by atoms with Gasteiger partial charge in [-0.2, -0.15) is 0 Å². The van der Waals surface area contributed by atoms with Gasteiger partial charge in [-0.3, -0.25) is 9.69 Å². The lowest BCUT2D eigenvalue weighted by atomic mass is 9.99. The van der Waals surface area contributed by atoms with E-state index >= 15 is 0 Å². The molecule has 4 aromatic heterocycles. The summed E-state index contributed by atoms with van der Waals surface area (Å²) in [5.41, 5.74) is 6.36. The highest BCUT2D eigenvalue weighted by Gasteiger charge is 2.32. The molecule has 1 aliphatic heterocycles. The summed E-state index contributed by atoms with van der Waals surface area (Å²) < 4.78 is 2.00. The number of unbranched alkanes of at least 4 members (excludes halogenated alkanes) is 2. The van der Waals surface area contributed by atoms with Crippen molar-refractivity contribution >= 4 is 67.8 Å². The van der Waals surface area contributed by atoms with E-state index in [9.17, 15) is 4.79 Å². The minimum Gasteiger partial charge on any atom is -0.481 e. The Labute approximate surface area is 362 Å². The number of aliphatic carboxylic acids is 1. The molecule has 0 radical (unpaired) electrons. The number of rotatable bonds is 17. The molecule has 1 N–H and O–H groups in total. The van der Waals surface area contributed by atoms with Gasteiger partial charge in [-0.1, -0.05) is 133 Å². The van der Waals surface area contributed by atoms with Crippen LogP contribution >= 0.6 is 45.9 Å². The maximum atomic E-state index is 11.0. The van der Waals surface area contributed by atoms with Crippen LogP contribution in [-0.4, -0.2) is 71.9 Å². The quantitative estimate of drug-likeness (QED) is 0.0948. The molecule has 11 nitrogen and oxygen atoms in total. The number of imidazole rings is 1. The summed E-state index contributed by atoms with van der Waals surface area (Å²) in [6, 6.07) is 28.2. The molecule has 1 saturated heterocycles. The second-order valence-electron chi connectivity index (χ2n) is 14.5. The molecule has 0 saturated carbocycles. The molecule has 0 spiro atoms. The van der Waals surface area contributed by atoms with Crippen molar-refractivity contribution in [2.24, 2.45) is 5.92 Å². The normalized spacial score (nSPS) is 12.9. The zero-order valence-corrected chi connectivity index (χ0v) is 36.3. The molecular weight excluding hydrogens is 822 g/mol. The number of benzene rings is 3. The summed E-state index contributed by atoms with van der Waals surface area (Å²) in [4.78, 5) is 21.9. The Balaban J connectivity index is 0.000000181. The number of anilines is 2. The molecule has 5 heterocycles. The number of hydrogen-bond donors (Lipinski definition) is 1. The van der Waals surface area contributed by atoms with E-state index in [0.717, 1.165) is 110 Å². The first kappa shape index (κ1) is 42.2. The number of hydrogen-bond acceptors (Lipinski definition) is 11. The smallest absolute Gasteiger partial charge is 0.309 e. The first-order valence-corrected chi connectivity index (χ1v) is 22.3. The van der Waals surface area contributed by atoms with Crippen LogP contribution in [0.3, 0.4) is 0 Å². The van der Waals surface area contributed by atoms with Gasteiger partial charge in [-0.25, -0.2) is 4.98 Å². The summed E-state index contributed by atoms with van der Waals surface area (Å²) in [6.07, 6.45) is 10.2. The fourth-order valence-corrected chi connectivity index (χ4v) is 8.81. The molecule has 3 aromatic carbocycles. The largest absolute Gasteiger partial charge is 0.481 e. The highest BCUT2D eigenvalue weighted by Crippen LogP contribution is 2.33. The maximum absolute atomic E-state index is 11.0. The zero-order chi connectivity index (χ0) is 41.1. The summed E-state index contributed by atoms with van der Waals surface area (Å²) in [6.45, 7) is 9.66. The molecule has 8 rings (SSSR count). The zero-order valence-electron chi connectivity index (χ0n) is 33.1. The van der Waals surface area contributed by atoms with E-state index in [1.807, 2.05) is 65.3 Å². The van der Waals surface area contributed by atoms with E-state index in [1.54, 1.807) is 28.9 Å². The van der Waals surface area contributed by atoms with Gasteiger partial charge in [0.25, 0.3) is 0 Å². The van der Waals surface area contributed by atoms with Gasteiger partial charge in [0, 0.05) is 85.6 Å². The van der Waals surface area contributed by atoms with E-state index in [4.69, 9.17) is 28.3 Å². The average Bonchev–Trinajstić information content (AvgIpc) is 4.03. The second-order valence-corrected chi connectivity index (χ2v) is 17.3. The van der Waals surface area contributed by atoms with E-state index < -0.39 is 5.97 Å². The minimum atomic E-state index is -0.703. The molecule has 1 fully saturated rings. The van der Waals surface area contributed by atoms with Crippen molar-refractivity contribution in [3.8, 4) is 21.1 Å². The van der Waals surface area contributed by atoms with Crippen LogP contribution in [0.25, 0.3) is 26.8 Å². The first-order chi connectivity index (χ1) is 28.8. The molecule has 0 unspecified atom stereocenters. The fourth-order valence-electron chi connectivity index (χ4n) is 6.68. The van der Waals surface area contributed by atoms with Gasteiger partial charge in [-0.15, -0.1) is 20.4 Å². The van der Waals surface area contributed by atoms with E-state index in [0.29, 0.717) is 19.6 Å². The number of fused-ring (bicyclic) bond motifs is 1. The van der Waals surface area contributed by atoms with Crippen LogP contribution in [0.1, 0.15) is 56.2 Å². The third-order valence-electron chi connectivity index (χ3n) is 10.1. The molecule has 0 atom stereocenters. The van der Waals surface area contributed by atoms with Gasteiger partial charge in [0.2, 0.25) is 10.3 Å². The predicted octanol–water partition coefficient (Wildman–Crippen LogP) is 10.5. The monoisotopic (exact) mass is 867 g/mol. The molecular formula is C44H47Cl2N9O2S2. The van der Waals surface area contributed by atoms with E-state index in [2.05, 4.69) is 90.3 Å². The number of carbonyl (C=O) groups is 1. The minimum absolute atomic E-state index is 0.226. The Morgan fingerprint density at radius 1 is 0.746 bits per heavy atom. The summed E-state index contributed by atoms with van der Waals surface area (Å²) in [5.74, 6) is -0.929. The van der Waals surface area contributed by atoms with Gasteiger partial charge in [0.15, 0.2) is 5.01 Å². The molecule has 7 aromatic rings. The van der Waals surface area contributed by atoms with Gasteiger partial charge in [0.1, 0.15) is 10.7 Å². The molecule has 15 heteroatoms. The second kappa shape index (κ2) is 20.4. The number of halogens is 2. The topological polar surface area (TPSA) is 116 Å². The Morgan fingerprint density at radius 3 is 1.83 bits per heavy atom. The number of pyridine rings is 1. The Bertz CT molecular complexity index is 2430. The number of likely N-dealkylation sites (tertiary alicyclic amines) is 1. The molecule has 59 heavy (non-hydrogen) atoms. The van der Waals surface area contributed by atoms with Gasteiger partial charge >= 0.3 is 5.97 Å². The fraction of sp³-hybridized carbons (Fsp3) is 0.318. The van der Waals surface area contributed by atoms with Crippen molar-refractivity contribution in [3.05, 3.63) is 130 Å². The standard InChI is InChI=1S/C24H27ClN4O2S.C20H20ClN5S/c1-2-3-12-29(16-19-6-4-5-7-21(19)25)24-27-26-22(32-24)18-10-8-17(9-11-18)13-28-14-20(15-28)23(30)31;1-2-3-11-26(13-15-6-4-5-7-17(15)21)20-24-23-19(27-20)16-8-9-18-22-10-12-25(18)14-16/h4-11,20H,2-3,12-16H2,1H3,(H,30,31);4-10,12,14H,2-3,11,13H2,1H3. The molecule has 0 bridgehead atoms. The highest BCUT2D eigenvalue weighted by molar-refractivity contribution is 7.18. The van der Waals surface area contributed by atoms with Crippen molar-refractivity contribution in [2.75, 3.05) is 36.0 Å². The summed E-state index contributed by atoms with van der Waals surface area (Å²) in [5, 5.41) is 32.0. The maximum Gasteiger partial charge on any atom is 0.309 e.